The van der Waals surface area contributed by atoms with Gasteiger partial charge in [0.1, 0.15) is 11.5 Å². The summed E-state index contributed by atoms with van der Waals surface area (Å²) in [5.74, 6) is 2.43. The molecule has 0 spiro atoms. The number of hydrogen-bond donors (Lipinski definition) is 0. The minimum atomic E-state index is -0.320. The number of aromatic nitrogens is 6. The normalized spacial score (nSPS) is 11.3. The van der Waals surface area contributed by atoms with E-state index in [0.29, 0.717) is 23.3 Å². The molecule has 101 heavy (non-hydrogen) atoms. The minimum absolute atomic E-state index is 0.320. The standard InChI is InChI=1S/C93H66N6O2/c1-93(2,87-27-31-89(32-28-87)100-91-35-25-79(61-98-91)69-15-7-21-75(51-69)85-55-81(71-17-3-11-65(47-71)63-37-43-94-44-38-63)53-83(57-85)73-19-5-13-67(49-73)77-23-9-41-96-59-77)88-29-33-90(34-30-88)101-92-36-26-80(62-99-92)70-16-8-22-76(52-70)86-56-82(72-18-4-12-66(48-72)64-39-45-95-46-40-64)54-84(58-86)74-20-6-14-68(50-74)78-24-10-42-97-60-78/h3-62H,1-2H3. The summed E-state index contributed by atoms with van der Waals surface area (Å²) in [5, 5.41) is 0. The fourth-order valence-electron chi connectivity index (χ4n) is 13.2. The monoisotopic (exact) mass is 1300 g/mol. The minimum Gasteiger partial charge on any atom is -0.439 e. The third-order valence-corrected chi connectivity index (χ3v) is 18.8. The van der Waals surface area contributed by atoms with Crippen molar-refractivity contribution in [1.29, 1.82) is 0 Å². The van der Waals surface area contributed by atoms with Gasteiger partial charge in [-0.2, -0.15) is 0 Å². The van der Waals surface area contributed by atoms with Crippen LogP contribution in [0.4, 0.5) is 0 Å². The largest absolute Gasteiger partial charge is 0.439 e. The van der Waals surface area contributed by atoms with Crippen LogP contribution in [0.2, 0.25) is 0 Å². The average Bonchev–Trinajstić information content (AvgIpc) is 0.802. The molecule has 6 aromatic heterocycles. The number of ether oxygens (including phenoxy) is 2. The molecule has 0 N–H and O–H groups in total. The van der Waals surface area contributed by atoms with Crippen molar-refractivity contribution in [3.63, 3.8) is 0 Å². The van der Waals surface area contributed by atoms with E-state index in [4.69, 9.17) is 19.4 Å². The highest BCUT2D eigenvalue weighted by molar-refractivity contribution is 5.88. The first-order valence-corrected chi connectivity index (χ1v) is 33.8. The lowest BCUT2D eigenvalue weighted by Crippen LogP contribution is -2.18. The maximum atomic E-state index is 6.37. The van der Waals surface area contributed by atoms with E-state index in [0.717, 1.165) is 145 Å². The molecule has 0 atom stereocenters. The van der Waals surface area contributed by atoms with Crippen LogP contribution in [-0.4, -0.2) is 29.9 Å². The van der Waals surface area contributed by atoms with Crippen molar-refractivity contribution in [1.82, 2.24) is 29.9 Å². The van der Waals surface area contributed by atoms with Gasteiger partial charge in [-0.3, -0.25) is 19.9 Å². The fourth-order valence-corrected chi connectivity index (χ4v) is 13.2. The Morgan fingerprint density at radius 1 is 0.198 bits per heavy atom. The summed E-state index contributed by atoms with van der Waals surface area (Å²) in [6.45, 7) is 4.46. The molecule has 10 aromatic carbocycles. The maximum Gasteiger partial charge on any atom is 0.219 e. The average molecular weight is 1300 g/mol. The third-order valence-electron chi connectivity index (χ3n) is 18.8. The first-order chi connectivity index (χ1) is 49.7. The van der Waals surface area contributed by atoms with Gasteiger partial charge in [-0.1, -0.05) is 159 Å². The summed E-state index contributed by atoms with van der Waals surface area (Å²) in [4.78, 5) is 26.9. The Balaban J connectivity index is 0.587. The SMILES string of the molecule is CC(C)(c1ccc(Oc2ccc(-c3cccc(-c4cc(-c5cccc(-c6ccncc6)c5)cc(-c5cccc(-c6cccnc6)c5)c4)c3)cn2)cc1)c1ccc(Oc2ccc(-c3cccc(-c4cc(-c5cccc(-c6ccncc6)c5)cc(-c5cccc(-c6cccnc6)c5)c4)c3)cn2)cc1. The third kappa shape index (κ3) is 14.0. The van der Waals surface area contributed by atoms with Crippen molar-refractivity contribution in [2.75, 3.05) is 0 Å². The van der Waals surface area contributed by atoms with Crippen molar-refractivity contribution in [3.8, 4) is 157 Å². The number of nitrogens with zero attached hydrogens (tertiary/aromatic N) is 6. The van der Waals surface area contributed by atoms with Gasteiger partial charge in [-0.15, -0.1) is 0 Å². The molecular formula is C93H66N6O2. The number of pyridine rings is 6. The lowest BCUT2D eigenvalue weighted by atomic mass is 9.78. The Labute approximate surface area is 588 Å². The fraction of sp³-hybridized carbons (Fsp3) is 0.0323. The maximum absolute atomic E-state index is 6.37. The van der Waals surface area contributed by atoms with Gasteiger partial charge in [-0.05, 0) is 268 Å². The zero-order chi connectivity index (χ0) is 67.9. The topological polar surface area (TPSA) is 95.8 Å². The molecule has 0 aliphatic carbocycles. The highest BCUT2D eigenvalue weighted by Gasteiger charge is 2.24. The second-order valence-corrected chi connectivity index (χ2v) is 25.7. The van der Waals surface area contributed by atoms with Gasteiger partial charge in [0, 0.05) is 102 Å². The van der Waals surface area contributed by atoms with Gasteiger partial charge in [-0.25, -0.2) is 9.97 Å². The molecule has 0 bridgehead atoms. The van der Waals surface area contributed by atoms with Gasteiger partial charge in [0.15, 0.2) is 0 Å². The highest BCUT2D eigenvalue weighted by atomic mass is 16.5. The van der Waals surface area contributed by atoms with Crippen LogP contribution in [0, 0.1) is 0 Å². The molecule has 0 unspecified atom stereocenters. The molecular weight excluding hydrogens is 1230 g/mol. The molecule has 0 fully saturated rings. The van der Waals surface area contributed by atoms with Crippen LogP contribution >= 0.6 is 0 Å². The Morgan fingerprint density at radius 3 is 0.703 bits per heavy atom. The molecule has 0 saturated carbocycles. The second-order valence-electron chi connectivity index (χ2n) is 25.7. The van der Waals surface area contributed by atoms with Gasteiger partial charge in [0.25, 0.3) is 0 Å². The first kappa shape index (κ1) is 62.5. The summed E-state index contributed by atoms with van der Waals surface area (Å²) >= 11 is 0. The van der Waals surface area contributed by atoms with E-state index < -0.39 is 0 Å². The lowest BCUT2D eigenvalue weighted by molar-refractivity contribution is 0.462. The van der Waals surface area contributed by atoms with Gasteiger partial charge >= 0.3 is 0 Å². The van der Waals surface area contributed by atoms with Crippen LogP contribution < -0.4 is 9.47 Å². The molecule has 8 nitrogen and oxygen atoms in total. The predicted molar refractivity (Wildman–Crippen MR) is 410 cm³/mol. The Bertz CT molecular complexity index is 5030. The van der Waals surface area contributed by atoms with E-state index in [9.17, 15) is 0 Å². The van der Waals surface area contributed by atoms with Gasteiger partial charge in [0.2, 0.25) is 11.8 Å². The Kier molecular flexibility index (Phi) is 17.4. The smallest absolute Gasteiger partial charge is 0.219 e. The van der Waals surface area contributed by atoms with E-state index in [-0.39, 0.29) is 5.41 Å². The second kappa shape index (κ2) is 28.0. The van der Waals surface area contributed by atoms with E-state index in [1.54, 1.807) is 0 Å². The zero-order valence-electron chi connectivity index (χ0n) is 55.6. The highest BCUT2D eigenvalue weighted by Crippen LogP contribution is 2.41. The molecule has 8 heteroatoms. The van der Waals surface area contributed by atoms with Crippen LogP contribution in [0.15, 0.2) is 365 Å². The Hall–Kier alpha value is -13.3. The van der Waals surface area contributed by atoms with Crippen molar-refractivity contribution in [2.45, 2.75) is 19.3 Å². The number of rotatable bonds is 18. The summed E-state index contributed by atoms with van der Waals surface area (Å²) in [7, 11) is 0. The first-order valence-electron chi connectivity index (χ1n) is 33.8. The van der Waals surface area contributed by atoms with E-state index in [1.807, 2.05) is 135 Å². The van der Waals surface area contributed by atoms with Crippen LogP contribution in [-0.2, 0) is 5.41 Å². The van der Waals surface area contributed by atoms with Crippen molar-refractivity contribution in [2.24, 2.45) is 0 Å². The van der Waals surface area contributed by atoms with Gasteiger partial charge in [0.05, 0.1) is 0 Å². The van der Waals surface area contributed by atoms with E-state index in [1.165, 1.54) is 0 Å². The molecule has 480 valence electrons. The molecule has 0 amide bonds. The van der Waals surface area contributed by atoms with Crippen molar-refractivity contribution < 1.29 is 9.47 Å². The molecule has 0 aliphatic rings. The number of benzene rings is 10. The summed E-state index contributed by atoms with van der Waals surface area (Å²) in [6.07, 6.45) is 18.6. The van der Waals surface area contributed by atoms with Crippen LogP contribution in [0.5, 0.6) is 23.3 Å². The van der Waals surface area contributed by atoms with Crippen molar-refractivity contribution in [3.05, 3.63) is 376 Å². The predicted octanol–water partition coefficient (Wildman–Crippen LogP) is 24.0. The van der Waals surface area contributed by atoms with Crippen LogP contribution in [0.25, 0.3) is 134 Å². The van der Waals surface area contributed by atoms with E-state index in [2.05, 4.69) is 264 Å². The number of hydrogen-bond acceptors (Lipinski definition) is 8. The summed E-state index contributed by atoms with van der Waals surface area (Å²) in [5.41, 5.74) is 28.3. The molecule has 0 radical (unpaired) electrons. The summed E-state index contributed by atoms with van der Waals surface area (Å²) in [6, 6.07) is 107. The molecule has 6 heterocycles. The van der Waals surface area contributed by atoms with Gasteiger partial charge < -0.3 is 9.47 Å². The quantitative estimate of drug-likeness (QED) is 0.0838. The molecule has 16 aromatic rings. The Morgan fingerprint density at radius 2 is 0.446 bits per heavy atom. The molecule has 0 aliphatic heterocycles. The summed E-state index contributed by atoms with van der Waals surface area (Å²) < 4.78 is 12.7. The zero-order valence-corrected chi connectivity index (χ0v) is 55.6. The van der Waals surface area contributed by atoms with Crippen molar-refractivity contribution >= 4 is 0 Å². The van der Waals surface area contributed by atoms with Crippen LogP contribution in [0.1, 0.15) is 25.0 Å². The lowest BCUT2D eigenvalue weighted by Gasteiger charge is -2.26. The molecule has 0 saturated heterocycles. The van der Waals surface area contributed by atoms with E-state index >= 15 is 0 Å². The molecule has 16 rings (SSSR count). The van der Waals surface area contributed by atoms with Crippen LogP contribution in [0.3, 0.4) is 0 Å².